The third-order valence-electron chi connectivity index (χ3n) is 5.06. The van der Waals surface area contributed by atoms with Gasteiger partial charge >= 0.3 is 0 Å². The second kappa shape index (κ2) is 7.92. The second-order valence-corrected chi connectivity index (χ2v) is 7.25. The first kappa shape index (κ1) is 17.7. The molecule has 0 unspecified atom stereocenters. The maximum absolute atomic E-state index is 5.69. The summed E-state index contributed by atoms with van der Waals surface area (Å²) in [6, 6.07) is 18.9. The molecule has 0 spiro atoms. The van der Waals surface area contributed by atoms with Crippen LogP contribution in [0.3, 0.4) is 0 Å². The second-order valence-electron chi connectivity index (χ2n) is 6.86. The van der Waals surface area contributed by atoms with Crippen LogP contribution < -0.4 is 5.32 Å². The molecule has 5 heteroatoms. The molecule has 4 nitrogen and oxygen atoms in total. The van der Waals surface area contributed by atoms with Crippen molar-refractivity contribution in [2.75, 3.05) is 6.54 Å². The molecule has 0 aliphatic carbocycles. The Morgan fingerprint density at radius 1 is 1.07 bits per heavy atom. The van der Waals surface area contributed by atoms with Crippen LogP contribution in [0.4, 0.5) is 0 Å². The summed E-state index contributed by atoms with van der Waals surface area (Å²) in [7, 11) is 0. The molecule has 0 bridgehead atoms. The van der Waals surface area contributed by atoms with Crippen LogP contribution in [0.5, 0.6) is 0 Å². The number of benzene rings is 1. The Morgan fingerprint density at radius 3 is 2.63 bits per heavy atom. The van der Waals surface area contributed by atoms with Gasteiger partial charge < -0.3 is 14.8 Å². The standard InChI is InChI=1S/C22H24N4S/c1-2-3-14-26-21(20(24-22(26)27)19-11-7-8-13-23-19)17-12-15-25(16-17)18-9-5-4-6-10-18/h4-13,15-16,20-21H,2-3,14H2,1H3,(H,24,27)/t20-,21-/m0/s1. The molecule has 4 rings (SSSR count). The molecule has 3 aromatic rings. The zero-order chi connectivity index (χ0) is 18.6. The number of hydrogen-bond donors (Lipinski definition) is 1. The quantitative estimate of drug-likeness (QED) is 0.635. The number of unbranched alkanes of at least 4 members (excludes halogenated alkanes) is 1. The fourth-order valence-electron chi connectivity index (χ4n) is 3.69. The summed E-state index contributed by atoms with van der Waals surface area (Å²) in [6.07, 6.45) is 8.45. The Balaban J connectivity index is 1.70. The van der Waals surface area contributed by atoms with Crippen molar-refractivity contribution in [2.45, 2.75) is 31.8 Å². The number of nitrogens with one attached hydrogen (secondary N) is 1. The van der Waals surface area contributed by atoms with E-state index in [1.807, 2.05) is 24.4 Å². The fourth-order valence-corrected chi connectivity index (χ4v) is 4.02. The highest BCUT2D eigenvalue weighted by atomic mass is 32.1. The Kier molecular flexibility index (Phi) is 5.21. The summed E-state index contributed by atoms with van der Waals surface area (Å²) in [5.41, 5.74) is 3.43. The smallest absolute Gasteiger partial charge is 0.170 e. The van der Waals surface area contributed by atoms with Crippen molar-refractivity contribution in [1.29, 1.82) is 0 Å². The van der Waals surface area contributed by atoms with Gasteiger partial charge in [-0.3, -0.25) is 4.98 Å². The van der Waals surface area contributed by atoms with Gasteiger partial charge in [0.25, 0.3) is 0 Å². The van der Waals surface area contributed by atoms with Gasteiger partial charge in [0.1, 0.15) is 0 Å². The van der Waals surface area contributed by atoms with Gasteiger partial charge in [0.2, 0.25) is 0 Å². The van der Waals surface area contributed by atoms with E-state index in [4.69, 9.17) is 12.2 Å². The zero-order valence-corrected chi connectivity index (χ0v) is 16.3. The summed E-state index contributed by atoms with van der Waals surface area (Å²) in [5, 5.41) is 4.33. The maximum atomic E-state index is 5.69. The lowest BCUT2D eigenvalue weighted by atomic mass is 9.99. The monoisotopic (exact) mass is 376 g/mol. The molecule has 1 fully saturated rings. The van der Waals surface area contributed by atoms with Crippen LogP contribution >= 0.6 is 12.2 Å². The van der Waals surface area contributed by atoms with E-state index in [0.717, 1.165) is 35.9 Å². The third kappa shape index (κ3) is 3.60. The molecule has 0 radical (unpaired) electrons. The van der Waals surface area contributed by atoms with Crippen molar-refractivity contribution in [1.82, 2.24) is 19.8 Å². The molecule has 1 aliphatic rings. The van der Waals surface area contributed by atoms with E-state index in [9.17, 15) is 0 Å². The maximum Gasteiger partial charge on any atom is 0.170 e. The van der Waals surface area contributed by atoms with Gasteiger partial charge in [0, 0.05) is 30.8 Å². The molecule has 0 amide bonds. The van der Waals surface area contributed by atoms with Crippen LogP contribution in [-0.2, 0) is 0 Å². The van der Waals surface area contributed by atoms with E-state index in [2.05, 4.69) is 75.5 Å². The van der Waals surface area contributed by atoms with Crippen molar-refractivity contribution < 1.29 is 0 Å². The Labute approximate surface area is 165 Å². The lowest BCUT2D eigenvalue weighted by Gasteiger charge is -2.27. The minimum atomic E-state index is 0.0576. The topological polar surface area (TPSA) is 33.1 Å². The normalized spacial score (nSPS) is 19.3. The SMILES string of the molecule is CCCCN1C(=S)N[C@@H](c2ccccn2)[C@@H]1c1ccn(-c2ccccc2)c1. The highest BCUT2D eigenvalue weighted by Gasteiger charge is 2.39. The van der Waals surface area contributed by atoms with Crippen LogP contribution in [0.25, 0.3) is 5.69 Å². The van der Waals surface area contributed by atoms with Gasteiger partial charge in [-0.1, -0.05) is 37.6 Å². The molecule has 2 aromatic heterocycles. The molecule has 0 saturated carbocycles. The molecule has 27 heavy (non-hydrogen) atoms. The first-order chi connectivity index (χ1) is 13.3. The van der Waals surface area contributed by atoms with Crippen molar-refractivity contribution in [3.05, 3.63) is 84.4 Å². The number of thiocarbonyl (C=S) groups is 1. The summed E-state index contributed by atoms with van der Waals surface area (Å²) < 4.78 is 2.17. The number of hydrogen-bond acceptors (Lipinski definition) is 2. The molecule has 1 saturated heterocycles. The van der Waals surface area contributed by atoms with E-state index < -0.39 is 0 Å². The first-order valence-corrected chi connectivity index (χ1v) is 9.90. The van der Waals surface area contributed by atoms with Gasteiger partial charge in [-0.15, -0.1) is 0 Å². The van der Waals surface area contributed by atoms with E-state index >= 15 is 0 Å². The average Bonchev–Trinajstić information content (AvgIpc) is 3.32. The Hall–Kier alpha value is -2.66. The summed E-state index contributed by atoms with van der Waals surface area (Å²) in [6.45, 7) is 3.16. The predicted molar refractivity (Wildman–Crippen MR) is 113 cm³/mol. The average molecular weight is 377 g/mol. The van der Waals surface area contributed by atoms with E-state index in [1.165, 1.54) is 5.56 Å². The van der Waals surface area contributed by atoms with Crippen LogP contribution in [0.15, 0.2) is 73.2 Å². The summed E-state index contributed by atoms with van der Waals surface area (Å²) >= 11 is 5.69. The predicted octanol–water partition coefficient (Wildman–Crippen LogP) is 4.64. The van der Waals surface area contributed by atoms with Crippen molar-refractivity contribution in [2.24, 2.45) is 0 Å². The highest BCUT2D eigenvalue weighted by Crippen LogP contribution is 2.39. The van der Waals surface area contributed by atoms with Gasteiger partial charge in [0.15, 0.2) is 5.11 Å². The molecule has 2 atom stereocenters. The van der Waals surface area contributed by atoms with Gasteiger partial charge in [0.05, 0.1) is 17.8 Å². The minimum absolute atomic E-state index is 0.0576. The molecular weight excluding hydrogens is 352 g/mol. The van der Waals surface area contributed by atoms with Crippen molar-refractivity contribution >= 4 is 17.3 Å². The van der Waals surface area contributed by atoms with Crippen LogP contribution in [0, 0.1) is 0 Å². The molecule has 1 N–H and O–H groups in total. The Bertz CT molecular complexity index is 891. The summed E-state index contributed by atoms with van der Waals surface area (Å²) in [5.74, 6) is 0. The highest BCUT2D eigenvalue weighted by molar-refractivity contribution is 7.80. The zero-order valence-electron chi connectivity index (χ0n) is 15.5. The van der Waals surface area contributed by atoms with E-state index in [0.29, 0.717) is 0 Å². The number of pyridine rings is 1. The number of rotatable bonds is 6. The van der Waals surface area contributed by atoms with Crippen LogP contribution in [0.2, 0.25) is 0 Å². The number of nitrogens with zero attached hydrogens (tertiary/aromatic N) is 3. The first-order valence-electron chi connectivity index (χ1n) is 9.49. The summed E-state index contributed by atoms with van der Waals surface area (Å²) in [4.78, 5) is 6.92. The largest absolute Gasteiger partial charge is 0.352 e. The lowest BCUT2D eigenvalue weighted by molar-refractivity contribution is 0.313. The fraction of sp³-hybridized carbons (Fsp3) is 0.273. The third-order valence-corrected chi connectivity index (χ3v) is 5.41. The lowest BCUT2D eigenvalue weighted by Crippen LogP contribution is -2.30. The number of aromatic nitrogens is 2. The van der Waals surface area contributed by atoms with Gasteiger partial charge in [-0.05, 0) is 54.5 Å². The molecule has 1 aromatic carbocycles. The van der Waals surface area contributed by atoms with Crippen molar-refractivity contribution in [3.8, 4) is 5.69 Å². The van der Waals surface area contributed by atoms with Crippen LogP contribution in [0.1, 0.15) is 43.1 Å². The molecular formula is C22H24N4S. The van der Waals surface area contributed by atoms with Gasteiger partial charge in [-0.25, -0.2) is 0 Å². The number of para-hydroxylation sites is 1. The molecule has 1 aliphatic heterocycles. The van der Waals surface area contributed by atoms with Gasteiger partial charge in [-0.2, -0.15) is 0 Å². The van der Waals surface area contributed by atoms with Crippen LogP contribution in [-0.4, -0.2) is 26.1 Å². The molecule has 3 heterocycles. The molecule has 138 valence electrons. The van der Waals surface area contributed by atoms with Crippen molar-refractivity contribution in [3.63, 3.8) is 0 Å². The Morgan fingerprint density at radius 2 is 1.89 bits per heavy atom. The minimum Gasteiger partial charge on any atom is -0.352 e. The van der Waals surface area contributed by atoms with E-state index in [-0.39, 0.29) is 12.1 Å². The van der Waals surface area contributed by atoms with E-state index in [1.54, 1.807) is 0 Å².